The van der Waals surface area contributed by atoms with Crippen LogP contribution in [0.5, 0.6) is 0 Å². The zero-order valence-electron chi connectivity index (χ0n) is 12.7. The van der Waals surface area contributed by atoms with E-state index in [1.807, 2.05) is 31.2 Å². The van der Waals surface area contributed by atoms with Crippen LogP contribution < -0.4 is 4.90 Å². The average Bonchev–Trinajstić information content (AvgIpc) is 2.83. The fraction of sp³-hybridized carbons (Fsp3) is 0.0556. The number of benzene rings is 2. The van der Waals surface area contributed by atoms with Crippen LogP contribution in [0.25, 0.3) is 6.08 Å². The third-order valence-corrected chi connectivity index (χ3v) is 4.84. The molecule has 2 aromatic carbocycles. The number of thioether (sulfide) groups is 1. The maximum Gasteiger partial charge on any atom is 0.335 e. The van der Waals surface area contributed by atoms with E-state index in [-0.39, 0.29) is 11.5 Å². The summed E-state index contributed by atoms with van der Waals surface area (Å²) in [5.74, 6) is -1.15. The molecule has 120 valence electrons. The van der Waals surface area contributed by atoms with Gasteiger partial charge in [0.05, 0.1) is 16.2 Å². The van der Waals surface area contributed by atoms with Crippen molar-refractivity contribution in [2.75, 3.05) is 4.90 Å². The number of carboxylic acid groups (broad SMARTS) is 1. The number of anilines is 1. The number of carbonyl (C=O) groups is 2. The molecule has 4 nitrogen and oxygen atoms in total. The standard InChI is InChI=1S/C18H13NO3S2/c1-11-2-8-14(9-3-11)19-16(20)15(24-18(19)23)10-12-4-6-13(7-5-12)17(21)22/h2-10H,1H3,(H,21,22)/b15-10-. The lowest BCUT2D eigenvalue weighted by molar-refractivity contribution is -0.113. The molecule has 0 atom stereocenters. The molecule has 0 aromatic heterocycles. The Morgan fingerprint density at radius 1 is 1.12 bits per heavy atom. The summed E-state index contributed by atoms with van der Waals surface area (Å²) in [5, 5.41) is 8.92. The summed E-state index contributed by atoms with van der Waals surface area (Å²) in [4.78, 5) is 25.5. The number of rotatable bonds is 3. The highest BCUT2D eigenvalue weighted by molar-refractivity contribution is 8.27. The van der Waals surface area contributed by atoms with Crippen LogP contribution in [-0.2, 0) is 4.79 Å². The number of carbonyl (C=O) groups excluding carboxylic acids is 1. The number of carboxylic acids is 1. The molecule has 0 aliphatic carbocycles. The molecule has 1 amide bonds. The first-order chi connectivity index (χ1) is 11.5. The van der Waals surface area contributed by atoms with Gasteiger partial charge in [-0.15, -0.1) is 0 Å². The van der Waals surface area contributed by atoms with Crippen LogP contribution in [0.1, 0.15) is 21.5 Å². The first-order valence-electron chi connectivity index (χ1n) is 7.14. The summed E-state index contributed by atoms with van der Waals surface area (Å²) in [6.07, 6.45) is 1.72. The number of aromatic carboxylic acids is 1. The Morgan fingerprint density at radius 2 is 1.75 bits per heavy atom. The molecule has 1 aliphatic rings. The molecule has 0 unspecified atom stereocenters. The molecule has 0 bridgehead atoms. The minimum Gasteiger partial charge on any atom is -0.478 e. The van der Waals surface area contributed by atoms with Gasteiger partial charge in [0.2, 0.25) is 0 Å². The second kappa shape index (κ2) is 6.59. The molecule has 1 N–H and O–H groups in total. The molecular weight excluding hydrogens is 342 g/mol. The van der Waals surface area contributed by atoms with E-state index in [0.29, 0.717) is 9.23 Å². The predicted molar refractivity (Wildman–Crippen MR) is 100 cm³/mol. The van der Waals surface area contributed by atoms with Crippen LogP contribution in [0.4, 0.5) is 5.69 Å². The van der Waals surface area contributed by atoms with Gasteiger partial charge in [-0.05, 0) is 42.8 Å². The van der Waals surface area contributed by atoms with E-state index in [2.05, 4.69) is 0 Å². The van der Waals surface area contributed by atoms with Crippen molar-refractivity contribution in [3.63, 3.8) is 0 Å². The lowest BCUT2D eigenvalue weighted by Crippen LogP contribution is -2.27. The summed E-state index contributed by atoms with van der Waals surface area (Å²) in [6.45, 7) is 1.98. The first kappa shape index (κ1) is 16.4. The van der Waals surface area contributed by atoms with Gasteiger partial charge in [-0.25, -0.2) is 4.79 Å². The van der Waals surface area contributed by atoms with Crippen molar-refractivity contribution < 1.29 is 14.7 Å². The van der Waals surface area contributed by atoms with Crippen molar-refractivity contribution in [2.24, 2.45) is 0 Å². The molecule has 1 saturated heterocycles. The Morgan fingerprint density at radius 3 is 2.33 bits per heavy atom. The second-order valence-electron chi connectivity index (χ2n) is 5.28. The highest BCUT2D eigenvalue weighted by Crippen LogP contribution is 2.36. The molecule has 24 heavy (non-hydrogen) atoms. The van der Waals surface area contributed by atoms with Crippen LogP contribution in [0, 0.1) is 6.92 Å². The van der Waals surface area contributed by atoms with Gasteiger partial charge >= 0.3 is 5.97 Å². The molecule has 0 saturated carbocycles. The van der Waals surface area contributed by atoms with Crippen LogP contribution >= 0.6 is 24.0 Å². The highest BCUT2D eigenvalue weighted by atomic mass is 32.2. The van der Waals surface area contributed by atoms with Crippen LogP contribution in [0.2, 0.25) is 0 Å². The highest BCUT2D eigenvalue weighted by Gasteiger charge is 2.33. The number of amides is 1. The Labute approximate surface area is 148 Å². The van der Waals surface area contributed by atoms with E-state index in [4.69, 9.17) is 17.3 Å². The normalized spacial score (nSPS) is 16.0. The van der Waals surface area contributed by atoms with Crippen LogP contribution in [-0.4, -0.2) is 21.3 Å². The Bertz CT molecular complexity index is 855. The predicted octanol–water partition coefficient (Wildman–Crippen LogP) is 4.10. The number of hydrogen-bond acceptors (Lipinski definition) is 4. The van der Waals surface area contributed by atoms with Crippen molar-refractivity contribution >= 4 is 51.9 Å². The number of aryl methyl sites for hydroxylation is 1. The molecule has 1 fully saturated rings. The second-order valence-corrected chi connectivity index (χ2v) is 6.96. The van der Waals surface area contributed by atoms with Gasteiger partial charge in [0.15, 0.2) is 4.32 Å². The largest absolute Gasteiger partial charge is 0.478 e. The van der Waals surface area contributed by atoms with Gasteiger partial charge in [0.25, 0.3) is 5.91 Å². The lowest BCUT2D eigenvalue weighted by Gasteiger charge is -2.14. The van der Waals surface area contributed by atoms with E-state index in [1.54, 1.807) is 18.2 Å². The van der Waals surface area contributed by atoms with E-state index >= 15 is 0 Å². The topological polar surface area (TPSA) is 57.6 Å². The smallest absolute Gasteiger partial charge is 0.335 e. The monoisotopic (exact) mass is 355 g/mol. The number of nitrogens with zero attached hydrogens (tertiary/aromatic N) is 1. The average molecular weight is 355 g/mol. The molecule has 0 radical (unpaired) electrons. The maximum absolute atomic E-state index is 12.6. The van der Waals surface area contributed by atoms with E-state index < -0.39 is 5.97 Å². The Balaban J connectivity index is 1.87. The zero-order valence-corrected chi connectivity index (χ0v) is 14.4. The Hall–Kier alpha value is -2.44. The SMILES string of the molecule is Cc1ccc(N2C(=O)/C(=C/c3ccc(C(=O)O)cc3)SC2=S)cc1. The van der Waals surface area contributed by atoms with Gasteiger partial charge in [-0.1, -0.05) is 53.8 Å². The molecule has 3 rings (SSSR count). The van der Waals surface area contributed by atoms with E-state index in [0.717, 1.165) is 16.8 Å². The van der Waals surface area contributed by atoms with Crippen LogP contribution in [0.15, 0.2) is 53.4 Å². The van der Waals surface area contributed by atoms with Gasteiger partial charge in [-0.2, -0.15) is 0 Å². The summed E-state index contributed by atoms with van der Waals surface area (Å²) in [7, 11) is 0. The molecule has 0 spiro atoms. The quantitative estimate of drug-likeness (QED) is 0.663. The fourth-order valence-electron chi connectivity index (χ4n) is 2.26. The number of thiocarbonyl (C=S) groups is 1. The molecule has 6 heteroatoms. The summed E-state index contributed by atoms with van der Waals surface area (Å²) < 4.78 is 0.484. The number of hydrogen-bond donors (Lipinski definition) is 1. The maximum atomic E-state index is 12.6. The van der Waals surface area contributed by atoms with Gasteiger partial charge in [0.1, 0.15) is 0 Å². The first-order valence-corrected chi connectivity index (χ1v) is 8.36. The van der Waals surface area contributed by atoms with Crippen LogP contribution in [0.3, 0.4) is 0 Å². The van der Waals surface area contributed by atoms with Gasteiger partial charge < -0.3 is 5.11 Å². The van der Waals surface area contributed by atoms with Crippen molar-refractivity contribution in [2.45, 2.75) is 6.92 Å². The van der Waals surface area contributed by atoms with Gasteiger partial charge in [-0.3, -0.25) is 9.69 Å². The van der Waals surface area contributed by atoms with Crippen molar-refractivity contribution in [3.8, 4) is 0 Å². The summed E-state index contributed by atoms with van der Waals surface area (Å²) >= 11 is 6.57. The van der Waals surface area contributed by atoms with E-state index in [1.165, 1.54) is 28.8 Å². The van der Waals surface area contributed by atoms with Crippen molar-refractivity contribution in [1.29, 1.82) is 0 Å². The van der Waals surface area contributed by atoms with Crippen molar-refractivity contribution in [3.05, 3.63) is 70.1 Å². The van der Waals surface area contributed by atoms with Crippen molar-refractivity contribution in [1.82, 2.24) is 0 Å². The Kier molecular flexibility index (Phi) is 4.51. The lowest BCUT2D eigenvalue weighted by atomic mass is 10.1. The zero-order chi connectivity index (χ0) is 17.3. The molecule has 1 aliphatic heterocycles. The minimum absolute atomic E-state index is 0.170. The fourth-order valence-corrected chi connectivity index (χ4v) is 3.56. The third kappa shape index (κ3) is 3.25. The molecular formula is C18H13NO3S2. The molecule has 2 aromatic rings. The molecule has 1 heterocycles. The van der Waals surface area contributed by atoms with Gasteiger partial charge in [0, 0.05) is 0 Å². The third-order valence-electron chi connectivity index (χ3n) is 3.54. The summed E-state index contributed by atoms with van der Waals surface area (Å²) in [6, 6.07) is 14.0. The minimum atomic E-state index is -0.979. The van der Waals surface area contributed by atoms with E-state index in [9.17, 15) is 9.59 Å². The summed E-state index contributed by atoms with van der Waals surface area (Å²) in [5.41, 5.74) is 2.81.